The first-order chi connectivity index (χ1) is 21.7. The van der Waals surface area contributed by atoms with Gasteiger partial charge in [0, 0.05) is 59.9 Å². The van der Waals surface area contributed by atoms with Crippen LogP contribution in [0, 0.1) is 0 Å². The lowest BCUT2D eigenvalue weighted by Crippen LogP contribution is -2.50. The Morgan fingerprint density at radius 3 is 2.60 bits per heavy atom. The van der Waals surface area contributed by atoms with E-state index in [2.05, 4.69) is 32.2 Å². The number of likely N-dealkylation sites (tertiary alicyclic amines) is 1. The van der Waals surface area contributed by atoms with Gasteiger partial charge in [-0.1, -0.05) is 23.7 Å². The maximum atomic E-state index is 12.8. The predicted octanol–water partition coefficient (Wildman–Crippen LogP) is 6.85. The number of hydrogen-bond donors (Lipinski definition) is 1. The minimum Gasteiger partial charge on any atom is -0.444 e. The highest BCUT2D eigenvalue weighted by atomic mass is 35.5. The van der Waals surface area contributed by atoms with Crippen LogP contribution in [0.1, 0.15) is 27.2 Å². The monoisotopic (exact) mass is 618 g/mol. The second kappa shape index (κ2) is 10.3. The zero-order chi connectivity index (χ0) is 30.9. The minimum absolute atomic E-state index is 0.122. The fourth-order valence-electron chi connectivity index (χ4n) is 6.71. The van der Waals surface area contributed by atoms with Crippen LogP contribution in [0.25, 0.3) is 50.2 Å². The van der Waals surface area contributed by atoms with Crippen LogP contribution in [0.4, 0.5) is 10.5 Å². The number of ether oxygens (including phenoxy) is 1. The molecule has 1 N–H and O–H groups in total. The number of benzene rings is 2. The first-order valence-electron chi connectivity index (χ1n) is 15.0. The van der Waals surface area contributed by atoms with Gasteiger partial charge in [0.05, 0.1) is 34.0 Å². The number of H-pyrrole nitrogens is 1. The number of halogens is 1. The predicted molar refractivity (Wildman–Crippen MR) is 174 cm³/mol. The van der Waals surface area contributed by atoms with E-state index in [0.717, 1.165) is 63.2 Å². The summed E-state index contributed by atoms with van der Waals surface area (Å²) >= 11 is 7.05. The Bertz CT molecular complexity index is 2080. The van der Waals surface area contributed by atoms with Crippen LogP contribution in [0.15, 0.2) is 79.4 Å². The number of aromatic nitrogens is 6. The Labute approximate surface area is 264 Å². The van der Waals surface area contributed by atoms with E-state index in [0.29, 0.717) is 17.2 Å². The van der Waals surface area contributed by atoms with E-state index in [4.69, 9.17) is 26.4 Å². The highest BCUT2D eigenvalue weighted by Gasteiger charge is 2.46. The molecule has 4 aromatic heterocycles. The lowest BCUT2D eigenvalue weighted by Gasteiger charge is -2.36. The molecule has 2 saturated heterocycles. The van der Waals surface area contributed by atoms with E-state index in [1.165, 1.54) is 0 Å². The summed E-state index contributed by atoms with van der Waals surface area (Å²) in [5.74, 6) is 0. The number of nitrogens with zero attached hydrogens (tertiary/aromatic N) is 7. The molecular weight excluding hydrogens is 588 g/mol. The van der Waals surface area contributed by atoms with Crippen molar-refractivity contribution in [3.8, 4) is 33.6 Å². The van der Waals surface area contributed by atoms with Crippen LogP contribution >= 0.6 is 11.6 Å². The summed E-state index contributed by atoms with van der Waals surface area (Å²) in [6, 6.07) is 18.4. The van der Waals surface area contributed by atoms with Gasteiger partial charge < -0.3 is 14.5 Å². The second-order valence-electron chi connectivity index (χ2n) is 12.7. The van der Waals surface area contributed by atoms with Crippen molar-refractivity contribution in [1.29, 1.82) is 0 Å². The molecular formula is C34H31ClN8O2. The number of carbonyl (C=O) groups excluding carboxylic acids is 1. The standard InChI is InChI=1S/C34H31ClN8O2/c1-34(2,3)45-33(44)42-19-22-15-23(42)18-41(22)21-7-8-25(27(35)16-21)29-11-14-37-32-30(24-5-4-6-28-26(24)17-38-39-28)31(40-43(29)32)20-9-12-36-13-10-20/h4-14,16-17,22-23H,15,18-19H2,1-3H3,(H,38,39)/t22?,23-/m0/s1. The molecule has 226 valence electrons. The van der Waals surface area contributed by atoms with Crippen LogP contribution in [-0.4, -0.2) is 71.5 Å². The third-order valence-electron chi connectivity index (χ3n) is 8.66. The topological polar surface area (TPSA) is 105 Å². The largest absolute Gasteiger partial charge is 0.444 e. The summed E-state index contributed by atoms with van der Waals surface area (Å²) in [5, 5.41) is 14.1. The molecule has 6 heterocycles. The Hall–Kier alpha value is -4.96. The first-order valence-corrected chi connectivity index (χ1v) is 15.4. The number of aromatic amines is 1. The summed E-state index contributed by atoms with van der Waals surface area (Å²) < 4.78 is 7.52. The van der Waals surface area contributed by atoms with Gasteiger partial charge in [-0.05, 0) is 75.2 Å². The van der Waals surface area contributed by atoms with Crippen LogP contribution < -0.4 is 4.90 Å². The van der Waals surface area contributed by atoms with E-state index in [1.54, 1.807) is 18.6 Å². The molecule has 10 nitrogen and oxygen atoms in total. The molecule has 6 aromatic rings. The van der Waals surface area contributed by atoms with Gasteiger partial charge >= 0.3 is 6.09 Å². The van der Waals surface area contributed by atoms with Gasteiger partial charge in [0.2, 0.25) is 0 Å². The summed E-state index contributed by atoms with van der Waals surface area (Å²) in [6.45, 7) is 7.08. The SMILES string of the molecule is CC(C)(C)OC(=O)N1CC2C[C@H]1CN2c1ccc(-c2ccnc3c(-c4cccc5[nH]ncc45)c(-c4ccncc4)nn23)c(Cl)c1. The van der Waals surface area contributed by atoms with E-state index in [1.807, 2.05) is 78.8 Å². The fourth-order valence-corrected chi connectivity index (χ4v) is 6.98. The van der Waals surface area contributed by atoms with Gasteiger partial charge in [0.15, 0.2) is 5.65 Å². The van der Waals surface area contributed by atoms with Crippen LogP contribution in [0.3, 0.4) is 0 Å². The molecule has 0 radical (unpaired) electrons. The van der Waals surface area contributed by atoms with Gasteiger partial charge in [-0.3, -0.25) is 10.1 Å². The van der Waals surface area contributed by atoms with Gasteiger partial charge in [0.1, 0.15) is 11.3 Å². The summed E-state index contributed by atoms with van der Waals surface area (Å²) in [5.41, 5.74) is 7.48. The summed E-state index contributed by atoms with van der Waals surface area (Å²) in [4.78, 5) is 26.0. The molecule has 2 aliphatic heterocycles. The number of fused-ring (bicyclic) bond motifs is 4. The number of anilines is 1. The summed E-state index contributed by atoms with van der Waals surface area (Å²) in [6.07, 6.45) is 7.85. The normalized spacial score (nSPS) is 18.0. The lowest BCUT2D eigenvalue weighted by atomic mass is 9.99. The van der Waals surface area contributed by atoms with E-state index in [9.17, 15) is 4.79 Å². The first kappa shape index (κ1) is 27.6. The number of carbonyl (C=O) groups is 1. The van der Waals surface area contributed by atoms with Crippen LogP contribution in [0.5, 0.6) is 0 Å². The van der Waals surface area contributed by atoms with Gasteiger partial charge in [0.25, 0.3) is 0 Å². The molecule has 2 atom stereocenters. The number of piperazine rings is 1. The zero-order valence-electron chi connectivity index (χ0n) is 25.1. The van der Waals surface area contributed by atoms with Crippen molar-refractivity contribution < 1.29 is 9.53 Å². The number of amides is 1. The molecule has 0 spiro atoms. The minimum atomic E-state index is -0.513. The van der Waals surface area contributed by atoms with E-state index < -0.39 is 5.60 Å². The Balaban J connectivity index is 1.17. The van der Waals surface area contributed by atoms with Gasteiger partial charge in [-0.2, -0.15) is 10.2 Å². The second-order valence-corrected chi connectivity index (χ2v) is 13.1. The maximum Gasteiger partial charge on any atom is 0.410 e. The van der Waals surface area contributed by atoms with Crippen molar-refractivity contribution in [2.24, 2.45) is 0 Å². The third-order valence-corrected chi connectivity index (χ3v) is 8.97. The van der Waals surface area contributed by atoms with Crippen LogP contribution in [-0.2, 0) is 4.74 Å². The highest BCUT2D eigenvalue weighted by molar-refractivity contribution is 6.33. The highest BCUT2D eigenvalue weighted by Crippen LogP contribution is 2.41. The fraction of sp³-hybridized carbons (Fsp3) is 0.265. The Morgan fingerprint density at radius 2 is 1.84 bits per heavy atom. The van der Waals surface area contributed by atoms with Crippen molar-refractivity contribution in [3.05, 3.63) is 84.4 Å². The maximum absolute atomic E-state index is 12.8. The molecule has 0 saturated carbocycles. The molecule has 1 amide bonds. The quantitative estimate of drug-likeness (QED) is 0.230. The molecule has 2 aromatic carbocycles. The Kier molecular flexibility index (Phi) is 6.32. The van der Waals surface area contributed by atoms with Crippen molar-refractivity contribution >= 4 is 39.9 Å². The average Bonchev–Trinajstić information content (AvgIpc) is 3.83. The number of nitrogens with one attached hydrogen (secondary N) is 1. The molecule has 0 aliphatic carbocycles. The number of hydrogen-bond acceptors (Lipinski definition) is 7. The van der Waals surface area contributed by atoms with E-state index in [-0.39, 0.29) is 18.2 Å². The van der Waals surface area contributed by atoms with Crippen molar-refractivity contribution in [2.75, 3.05) is 18.0 Å². The smallest absolute Gasteiger partial charge is 0.410 e. The van der Waals surface area contributed by atoms with Gasteiger partial charge in [-0.25, -0.2) is 14.3 Å². The lowest BCUT2D eigenvalue weighted by molar-refractivity contribution is 0.0214. The van der Waals surface area contributed by atoms with Crippen molar-refractivity contribution in [1.82, 2.24) is 34.7 Å². The van der Waals surface area contributed by atoms with Crippen molar-refractivity contribution in [2.45, 2.75) is 44.9 Å². The number of pyridine rings is 1. The van der Waals surface area contributed by atoms with Crippen LogP contribution in [0.2, 0.25) is 5.02 Å². The molecule has 45 heavy (non-hydrogen) atoms. The molecule has 2 fully saturated rings. The van der Waals surface area contributed by atoms with Gasteiger partial charge in [-0.15, -0.1) is 0 Å². The van der Waals surface area contributed by atoms with E-state index >= 15 is 0 Å². The van der Waals surface area contributed by atoms with Crippen molar-refractivity contribution in [3.63, 3.8) is 0 Å². The molecule has 8 rings (SSSR count). The summed E-state index contributed by atoms with van der Waals surface area (Å²) in [7, 11) is 0. The Morgan fingerprint density at radius 1 is 1.00 bits per heavy atom. The third kappa shape index (κ3) is 4.67. The average molecular weight is 619 g/mol. The molecule has 11 heteroatoms. The zero-order valence-corrected chi connectivity index (χ0v) is 25.9. The molecule has 2 aliphatic rings. The number of rotatable bonds is 4. The molecule has 1 unspecified atom stereocenters. The molecule has 2 bridgehead atoms.